The Bertz CT molecular complexity index is 192. The Morgan fingerprint density at radius 1 is 1.47 bits per heavy atom. The lowest BCUT2D eigenvalue weighted by Crippen LogP contribution is -2.59. The van der Waals surface area contributed by atoms with E-state index < -0.39 is 0 Å². The van der Waals surface area contributed by atoms with Gasteiger partial charge in [0.15, 0.2) is 0 Å². The van der Waals surface area contributed by atoms with Crippen LogP contribution >= 0.6 is 11.8 Å². The zero-order chi connectivity index (χ0) is 10.7. The monoisotopic (exact) mass is 228 g/mol. The summed E-state index contributed by atoms with van der Waals surface area (Å²) in [5.74, 6) is 2.74. The van der Waals surface area contributed by atoms with Crippen molar-refractivity contribution in [3.05, 3.63) is 0 Å². The largest absolute Gasteiger partial charge is 0.311 e. The van der Waals surface area contributed by atoms with E-state index in [1.54, 1.807) is 0 Å². The molecule has 2 aliphatic heterocycles. The van der Waals surface area contributed by atoms with Crippen molar-refractivity contribution in [3.8, 4) is 0 Å². The molecule has 2 saturated heterocycles. The summed E-state index contributed by atoms with van der Waals surface area (Å²) in [6, 6.07) is 2.32. The zero-order valence-corrected chi connectivity index (χ0v) is 10.9. The van der Waals surface area contributed by atoms with Crippen molar-refractivity contribution in [2.24, 2.45) is 0 Å². The minimum absolute atomic E-state index is 0.730. The lowest BCUT2D eigenvalue weighted by molar-refractivity contribution is 0.0938. The molecule has 2 heterocycles. The zero-order valence-electron chi connectivity index (χ0n) is 10.0. The molecule has 2 aliphatic rings. The SMILES string of the molecule is CCC1CN(C2CCCSC2)C(C)CN1. The molecule has 88 valence electrons. The molecule has 3 atom stereocenters. The van der Waals surface area contributed by atoms with Crippen molar-refractivity contribution < 1.29 is 0 Å². The van der Waals surface area contributed by atoms with Gasteiger partial charge >= 0.3 is 0 Å². The van der Waals surface area contributed by atoms with Gasteiger partial charge in [0.1, 0.15) is 0 Å². The van der Waals surface area contributed by atoms with E-state index in [4.69, 9.17) is 0 Å². The van der Waals surface area contributed by atoms with Crippen LogP contribution in [0.4, 0.5) is 0 Å². The summed E-state index contributed by atoms with van der Waals surface area (Å²) in [4.78, 5) is 2.76. The van der Waals surface area contributed by atoms with Crippen LogP contribution in [-0.2, 0) is 0 Å². The molecule has 0 radical (unpaired) electrons. The van der Waals surface area contributed by atoms with Crippen molar-refractivity contribution in [1.29, 1.82) is 0 Å². The van der Waals surface area contributed by atoms with Gasteiger partial charge in [-0.05, 0) is 31.9 Å². The molecular formula is C12H24N2S. The minimum atomic E-state index is 0.730. The normalized spacial score (nSPS) is 39.2. The number of hydrogen-bond acceptors (Lipinski definition) is 3. The Kier molecular flexibility index (Phi) is 4.35. The van der Waals surface area contributed by atoms with Crippen molar-refractivity contribution in [3.63, 3.8) is 0 Å². The Morgan fingerprint density at radius 3 is 3.00 bits per heavy atom. The van der Waals surface area contributed by atoms with E-state index in [9.17, 15) is 0 Å². The summed E-state index contributed by atoms with van der Waals surface area (Å²) in [5.41, 5.74) is 0. The van der Waals surface area contributed by atoms with E-state index in [0.29, 0.717) is 0 Å². The molecule has 0 bridgehead atoms. The van der Waals surface area contributed by atoms with Gasteiger partial charge in [-0.15, -0.1) is 0 Å². The van der Waals surface area contributed by atoms with Crippen LogP contribution in [-0.4, -0.2) is 47.6 Å². The molecule has 0 aromatic rings. The molecule has 2 rings (SSSR count). The summed E-state index contributed by atoms with van der Waals surface area (Å²) >= 11 is 2.15. The molecule has 1 N–H and O–H groups in total. The van der Waals surface area contributed by atoms with E-state index in [0.717, 1.165) is 18.1 Å². The first-order chi connectivity index (χ1) is 7.31. The van der Waals surface area contributed by atoms with Gasteiger partial charge in [0.05, 0.1) is 0 Å². The first-order valence-corrected chi connectivity index (χ1v) is 7.53. The molecule has 15 heavy (non-hydrogen) atoms. The average Bonchev–Trinajstić information content (AvgIpc) is 2.31. The van der Waals surface area contributed by atoms with Gasteiger partial charge in [-0.2, -0.15) is 11.8 Å². The fourth-order valence-corrected chi connectivity index (χ4v) is 3.89. The molecule has 0 spiro atoms. The molecule has 0 aliphatic carbocycles. The smallest absolute Gasteiger partial charge is 0.0196 e. The van der Waals surface area contributed by atoms with E-state index in [-0.39, 0.29) is 0 Å². The lowest BCUT2D eigenvalue weighted by Gasteiger charge is -2.44. The topological polar surface area (TPSA) is 15.3 Å². The maximum absolute atomic E-state index is 3.64. The van der Waals surface area contributed by atoms with Gasteiger partial charge in [-0.3, -0.25) is 4.90 Å². The second kappa shape index (κ2) is 5.55. The fourth-order valence-electron chi connectivity index (χ4n) is 2.72. The predicted molar refractivity (Wildman–Crippen MR) is 68.6 cm³/mol. The van der Waals surface area contributed by atoms with Gasteiger partial charge in [-0.25, -0.2) is 0 Å². The molecule has 3 heteroatoms. The molecule has 0 saturated carbocycles. The van der Waals surface area contributed by atoms with Crippen molar-refractivity contribution in [2.45, 2.75) is 51.2 Å². The first kappa shape index (κ1) is 11.7. The van der Waals surface area contributed by atoms with Crippen molar-refractivity contribution in [2.75, 3.05) is 24.6 Å². The fraction of sp³-hybridized carbons (Fsp3) is 1.00. The van der Waals surface area contributed by atoms with Crippen LogP contribution in [0.3, 0.4) is 0 Å². The highest BCUT2D eigenvalue weighted by molar-refractivity contribution is 7.99. The summed E-state index contributed by atoms with van der Waals surface area (Å²) < 4.78 is 0. The van der Waals surface area contributed by atoms with Crippen molar-refractivity contribution in [1.82, 2.24) is 10.2 Å². The van der Waals surface area contributed by atoms with E-state index >= 15 is 0 Å². The van der Waals surface area contributed by atoms with Crippen LogP contribution in [0.15, 0.2) is 0 Å². The van der Waals surface area contributed by atoms with Crippen LogP contribution in [0.25, 0.3) is 0 Å². The molecule has 0 aromatic heterocycles. The molecular weight excluding hydrogens is 204 g/mol. The molecule has 0 aromatic carbocycles. The molecule has 2 fully saturated rings. The lowest BCUT2D eigenvalue weighted by atomic mass is 10.0. The number of nitrogens with zero attached hydrogens (tertiary/aromatic N) is 1. The number of piperazine rings is 1. The Hall–Kier alpha value is 0.270. The molecule has 0 amide bonds. The number of hydrogen-bond donors (Lipinski definition) is 1. The highest BCUT2D eigenvalue weighted by Crippen LogP contribution is 2.24. The van der Waals surface area contributed by atoms with E-state index in [1.807, 2.05) is 0 Å². The summed E-state index contributed by atoms with van der Waals surface area (Å²) in [5, 5.41) is 3.64. The van der Waals surface area contributed by atoms with Gasteiger partial charge < -0.3 is 5.32 Å². The Balaban J connectivity index is 1.92. The van der Waals surface area contributed by atoms with E-state index in [2.05, 4.69) is 35.8 Å². The minimum Gasteiger partial charge on any atom is -0.311 e. The van der Waals surface area contributed by atoms with E-state index in [1.165, 1.54) is 43.9 Å². The summed E-state index contributed by atoms with van der Waals surface area (Å²) in [6.45, 7) is 7.11. The van der Waals surface area contributed by atoms with Gasteiger partial charge in [0, 0.05) is 37.0 Å². The average molecular weight is 228 g/mol. The standard InChI is InChI=1S/C12H24N2S/c1-3-11-8-14(10(2)7-13-11)12-5-4-6-15-9-12/h10-13H,3-9H2,1-2H3. The second-order valence-electron chi connectivity index (χ2n) is 4.93. The Labute approximate surface area is 98.2 Å². The second-order valence-corrected chi connectivity index (χ2v) is 6.08. The number of nitrogens with one attached hydrogen (secondary N) is 1. The maximum Gasteiger partial charge on any atom is 0.0196 e. The van der Waals surface area contributed by atoms with Crippen LogP contribution in [0.2, 0.25) is 0 Å². The van der Waals surface area contributed by atoms with Crippen molar-refractivity contribution >= 4 is 11.8 Å². The summed E-state index contributed by atoms with van der Waals surface area (Å²) in [6.07, 6.45) is 4.11. The van der Waals surface area contributed by atoms with Gasteiger partial charge in [0.25, 0.3) is 0 Å². The number of rotatable bonds is 2. The maximum atomic E-state index is 3.64. The number of thioether (sulfide) groups is 1. The van der Waals surface area contributed by atoms with Crippen LogP contribution in [0, 0.1) is 0 Å². The predicted octanol–water partition coefficient (Wildman–Crippen LogP) is 1.95. The van der Waals surface area contributed by atoms with Gasteiger partial charge in [0.2, 0.25) is 0 Å². The molecule has 2 nitrogen and oxygen atoms in total. The summed E-state index contributed by atoms with van der Waals surface area (Å²) in [7, 11) is 0. The highest BCUT2D eigenvalue weighted by Gasteiger charge is 2.30. The highest BCUT2D eigenvalue weighted by atomic mass is 32.2. The Morgan fingerprint density at radius 2 is 2.33 bits per heavy atom. The third kappa shape index (κ3) is 2.89. The third-order valence-electron chi connectivity index (χ3n) is 3.80. The quantitative estimate of drug-likeness (QED) is 0.778. The van der Waals surface area contributed by atoms with Gasteiger partial charge in [-0.1, -0.05) is 6.92 Å². The van der Waals surface area contributed by atoms with Crippen LogP contribution in [0.5, 0.6) is 0 Å². The van der Waals surface area contributed by atoms with Crippen LogP contribution in [0.1, 0.15) is 33.1 Å². The third-order valence-corrected chi connectivity index (χ3v) is 5.00. The molecule has 3 unspecified atom stereocenters. The van der Waals surface area contributed by atoms with Crippen LogP contribution < -0.4 is 5.32 Å². The first-order valence-electron chi connectivity index (χ1n) is 6.38.